The summed E-state index contributed by atoms with van der Waals surface area (Å²) in [5.41, 5.74) is 0. The Morgan fingerprint density at radius 3 is 1.87 bits per heavy atom. The van der Waals surface area contributed by atoms with E-state index in [9.17, 15) is 20.4 Å². The third-order valence-electron chi connectivity index (χ3n) is 4.54. The summed E-state index contributed by atoms with van der Waals surface area (Å²) < 4.78 is 5.18. The van der Waals surface area contributed by atoms with Gasteiger partial charge in [0.2, 0.25) is 0 Å². The first-order valence-electron chi connectivity index (χ1n) is 8.53. The Morgan fingerprint density at radius 1 is 0.783 bits per heavy atom. The van der Waals surface area contributed by atoms with Crippen molar-refractivity contribution >= 4 is 12.4 Å². The fourth-order valence-electron chi connectivity index (χ4n) is 3.09. The molecule has 0 unspecified atom stereocenters. The molecule has 0 aromatic heterocycles. The number of aliphatic hydroxyl groups excluding tert-OH is 4. The Balaban J connectivity index is 0.00000484. The molecule has 6 atom stereocenters. The molecule has 5 N–H and O–H groups in total. The van der Waals surface area contributed by atoms with Crippen molar-refractivity contribution in [1.29, 1.82) is 0 Å². The van der Waals surface area contributed by atoms with Gasteiger partial charge in [-0.3, -0.25) is 0 Å². The molecule has 6 nitrogen and oxygen atoms in total. The van der Waals surface area contributed by atoms with Crippen LogP contribution in [0, 0.1) is 0 Å². The number of ether oxygens (including phenoxy) is 1. The predicted octanol–water partition coefficient (Wildman–Crippen LogP) is 0.589. The fraction of sp³-hybridized carbons (Fsp3) is 1.00. The van der Waals surface area contributed by atoms with Gasteiger partial charge in [-0.15, -0.1) is 12.4 Å². The molecule has 1 aliphatic carbocycles. The average molecular weight is 356 g/mol. The van der Waals surface area contributed by atoms with Gasteiger partial charge in [-0.25, -0.2) is 0 Å². The second-order valence-electron chi connectivity index (χ2n) is 6.26. The minimum Gasteiger partial charge on any atom is -0.389 e. The number of aliphatic hydroxyl groups is 4. The molecule has 0 saturated heterocycles. The predicted molar refractivity (Wildman–Crippen MR) is 91.9 cm³/mol. The molecule has 1 saturated carbocycles. The second-order valence-corrected chi connectivity index (χ2v) is 6.26. The Kier molecular flexibility index (Phi) is 12.4. The third-order valence-corrected chi connectivity index (χ3v) is 4.54. The zero-order chi connectivity index (χ0) is 16.5. The highest BCUT2D eigenvalue weighted by Gasteiger charge is 2.48. The van der Waals surface area contributed by atoms with Gasteiger partial charge in [0.1, 0.15) is 30.5 Å². The molecule has 23 heavy (non-hydrogen) atoms. The lowest BCUT2D eigenvalue weighted by molar-refractivity contribution is -0.197. The number of nitrogens with one attached hydrogen (secondary N) is 1. The third kappa shape index (κ3) is 6.82. The first kappa shape index (κ1) is 23.1. The second kappa shape index (κ2) is 12.4. The molecule has 0 aromatic carbocycles. The van der Waals surface area contributed by atoms with Gasteiger partial charge in [-0.1, -0.05) is 45.4 Å². The SMILES string of the molecule is CCCCCCCCCN[C@H]1[C@H](O)[C@@H](O)[C@H](O)[C@@H](O)[C@@H]1OC.Cl. The summed E-state index contributed by atoms with van der Waals surface area (Å²) in [5, 5.41) is 42.6. The highest BCUT2D eigenvalue weighted by molar-refractivity contribution is 5.85. The van der Waals surface area contributed by atoms with E-state index in [0.29, 0.717) is 6.54 Å². The van der Waals surface area contributed by atoms with Crippen molar-refractivity contribution in [2.24, 2.45) is 0 Å². The lowest BCUT2D eigenvalue weighted by Gasteiger charge is -2.43. The van der Waals surface area contributed by atoms with Crippen molar-refractivity contribution < 1.29 is 25.2 Å². The maximum Gasteiger partial charge on any atom is 0.111 e. The zero-order valence-electron chi connectivity index (χ0n) is 14.2. The first-order valence-corrected chi connectivity index (χ1v) is 8.53. The Morgan fingerprint density at radius 2 is 1.30 bits per heavy atom. The maximum atomic E-state index is 10.1. The van der Waals surface area contributed by atoms with E-state index in [1.54, 1.807) is 0 Å². The normalized spacial score (nSPS) is 34.2. The van der Waals surface area contributed by atoms with Gasteiger partial charge in [0.15, 0.2) is 0 Å². The molecular formula is C16H34ClNO5. The van der Waals surface area contributed by atoms with Gasteiger partial charge in [-0.2, -0.15) is 0 Å². The van der Waals surface area contributed by atoms with Crippen molar-refractivity contribution in [2.45, 2.75) is 88.4 Å². The number of unbranched alkanes of at least 4 members (excludes halogenated alkanes) is 6. The number of methoxy groups -OCH3 is 1. The molecule has 0 spiro atoms. The van der Waals surface area contributed by atoms with Gasteiger partial charge in [0.05, 0.1) is 6.04 Å². The van der Waals surface area contributed by atoms with Gasteiger partial charge < -0.3 is 30.5 Å². The fourth-order valence-corrected chi connectivity index (χ4v) is 3.09. The van der Waals surface area contributed by atoms with E-state index in [1.807, 2.05) is 0 Å². The number of halogens is 1. The molecule has 140 valence electrons. The van der Waals surface area contributed by atoms with E-state index < -0.39 is 36.6 Å². The quantitative estimate of drug-likeness (QED) is 0.368. The van der Waals surface area contributed by atoms with Crippen molar-refractivity contribution in [3.05, 3.63) is 0 Å². The summed E-state index contributed by atoms with van der Waals surface area (Å²) >= 11 is 0. The van der Waals surface area contributed by atoms with Crippen LogP contribution in [0.15, 0.2) is 0 Å². The topological polar surface area (TPSA) is 102 Å². The molecule has 0 amide bonds. The first-order chi connectivity index (χ1) is 10.5. The van der Waals surface area contributed by atoms with Crippen LogP contribution in [0.5, 0.6) is 0 Å². The number of hydrogen-bond acceptors (Lipinski definition) is 6. The average Bonchev–Trinajstić information content (AvgIpc) is 2.52. The number of hydrogen-bond donors (Lipinski definition) is 5. The van der Waals surface area contributed by atoms with Gasteiger partial charge >= 0.3 is 0 Å². The van der Waals surface area contributed by atoms with Crippen LogP contribution in [-0.2, 0) is 4.74 Å². The molecule has 0 aromatic rings. The van der Waals surface area contributed by atoms with E-state index in [-0.39, 0.29) is 12.4 Å². The van der Waals surface area contributed by atoms with Gasteiger partial charge in [-0.05, 0) is 13.0 Å². The van der Waals surface area contributed by atoms with E-state index in [2.05, 4.69) is 12.2 Å². The van der Waals surface area contributed by atoms with E-state index in [4.69, 9.17) is 4.74 Å². The minimum absolute atomic E-state index is 0. The van der Waals surface area contributed by atoms with Crippen LogP contribution in [0.2, 0.25) is 0 Å². The minimum atomic E-state index is -1.39. The van der Waals surface area contributed by atoms with Gasteiger partial charge in [0, 0.05) is 7.11 Å². The lowest BCUT2D eigenvalue weighted by atomic mass is 9.83. The Labute approximate surface area is 145 Å². The molecule has 0 bridgehead atoms. The maximum absolute atomic E-state index is 10.1. The summed E-state index contributed by atoms with van der Waals surface area (Å²) in [6, 6.07) is -0.585. The lowest BCUT2D eigenvalue weighted by Crippen LogP contribution is -2.68. The molecule has 1 fully saturated rings. The largest absolute Gasteiger partial charge is 0.389 e. The standard InChI is InChI=1S/C16H33NO5.ClH/c1-3-4-5-6-7-8-9-10-17-11-12(18)13(19)14(20)15(21)16(11)22-2;/h11-21H,3-10H2,1-2H3;1H/t11-,12-,13+,14-,15+,16+;/m0./s1. The molecule has 0 heterocycles. The number of rotatable bonds is 10. The van der Waals surface area contributed by atoms with Crippen LogP contribution < -0.4 is 5.32 Å². The molecule has 1 rings (SSSR count). The molecule has 1 aliphatic rings. The van der Waals surface area contributed by atoms with Crippen LogP contribution in [0.3, 0.4) is 0 Å². The van der Waals surface area contributed by atoms with Crippen molar-refractivity contribution in [3.63, 3.8) is 0 Å². The molecular weight excluding hydrogens is 322 g/mol. The van der Waals surface area contributed by atoms with Crippen LogP contribution >= 0.6 is 12.4 Å². The van der Waals surface area contributed by atoms with Crippen molar-refractivity contribution in [1.82, 2.24) is 5.32 Å². The molecule has 0 aliphatic heterocycles. The highest BCUT2D eigenvalue weighted by Crippen LogP contribution is 2.23. The Hall–Kier alpha value is 0.0500. The monoisotopic (exact) mass is 355 g/mol. The summed E-state index contributed by atoms with van der Waals surface area (Å²) in [6.45, 7) is 2.89. The van der Waals surface area contributed by atoms with E-state index in [0.717, 1.165) is 12.8 Å². The smallest absolute Gasteiger partial charge is 0.111 e. The van der Waals surface area contributed by atoms with Gasteiger partial charge in [0.25, 0.3) is 0 Å². The van der Waals surface area contributed by atoms with Crippen LogP contribution in [0.1, 0.15) is 51.9 Å². The zero-order valence-corrected chi connectivity index (χ0v) is 15.0. The summed E-state index contributed by atoms with van der Waals surface area (Å²) in [5.74, 6) is 0. The van der Waals surface area contributed by atoms with Crippen molar-refractivity contribution in [2.75, 3.05) is 13.7 Å². The van der Waals surface area contributed by atoms with E-state index >= 15 is 0 Å². The summed E-state index contributed by atoms with van der Waals surface area (Å²) in [7, 11) is 1.42. The highest BCUT2D eigenvalue weighted by atomic mass is 35.5. The van der Waals surface area contributed by atoms with Crippen LogP contribution in [-0.4, -0.2) is 70.6 Å². The summed E-state index contributed by atoms with van der Waals surface area (Å²) in [4.78, 5) is 0. The van der Waals surface area contributed by atoms with Crippen LogP contribution in [0.25, 0.3) is 0 Å². The van der Waals surface area contributed by atoms with E-state index in [1.165, 1.54) is 39.2 Å². The molecule has 7 heteroatoms. The summed E-state index contributed by atoms with van der Waals surface area (Å²) in [6.07, 6.45) is 2.50. The van der Waals surface area contributed by atoms with Crippen molar-refractivity contribution in [3.8, 4) is 0 Å². The van der Waals surface area contributed by atoms with Crippen LogP contribution in [0.4, 0.5) is 0 Å². The molecule has 0 radical (unpaired) electrons. The Bertz CT molecular complexity index is 298.